The molecule has 0 aliphatic rings. The second-order valence-corrected chi connectivity index (χ2v) is 7.79. The van der Waals surface area contributed by atoms with Crippen LogP contribution in [0.1, 0.15) is 13.8 Å². The van der Waals surface area contributed by atoms with Crippen LogP contribution in [0, 0.1) is 0 Å². The topological polar surface area (TPSA) is 123 Å². The van der Waals surface area contributed by atoms with E-state index in [1.54, 1.807) is 13.8 Å². The highest BCUT2D eigenvalue weighted by atomic mass is 32.2. The fourth-order valence-corrected chi connectivity index (χ4v) is 1.88. The van der Waals surface area contributed by atoms with Crippen molar-refractivity contribution in [2.75, 3.05) is 33.2 Å². The van der Waals surface area contributed by atoms with Crippen molar-refractivity contribution in [1.29, 1.82) is 0 Å². The number of rotatable bonds is 10. The lowest BCUT2D eigenvalue weighted by molar-refractivity contribution is -0.0809. The summed E-state index contributed by atoms with van der Waals surface area (Å²) < 4.78 is 48.7. The molecule has 11 heteroatoms. The zero-order chi connectivity index (χ0) is 16.0. The molecule has 2 N–H and O–H groups in total. The minimum absolute atomic E-state index is 0.0575. The Kier molecular flexibility index (Phi) is 8.37. The van der Waals surface area contributed by atoms with Crippen molar-refractivity contribution >= 4 is 17.8 Å². The molecule has 0 aliphatic heterocycles. The predicted molar refractivity (Wildman–Crippen MR) is 71.4 cm³/mol. The lowest BCUT2D eigenvalue weighted by atomic mass is 10.3. The van der Waals surface area contributed by atoms with E-state index in [4.69, 9.17) is 19.3 Å². The number of phosphoric acid groups is 1. The summed E-state index contributed by atoms with van der Waals surface area (Å²) in [5, 5.41) is 0. The molecule has 0 amide bonds. The first-order chi connectivity index (χ1) is 8.92. The Morgan fingerprint density at radius 2 is 1.85 bits per heavy atom. The lowest BCUT2D eigenvalue weighted by Crippen LogP contribution is -2.38. The molecule has 0 bridgehead atoms. The summed E-state index contributed by atoms with van der Waals surface area (Å²) in [6, 6.07) is 0. The van der Waals surface area contributed by atoms with Crippen molar-refractivity contribution in [3.8, 4) is 0 Å². The van der Waals surface area contributed by atoms with Crippen LogP contribution in [0.15, 0.2) is 0 Å². The predicted octanol–water partition coefficient (Wildman–Crippen LogP) is -0.245. The molecule has 0 aliphatic carbocycles. The standard InChI is InChI=1S/C9H22NO8PS/c1-8(2)18-9(5-10(3)20(4,14)15)6-16-7-17-19(11,12)13/h8-9H,5-7H2,1-4H3,(H2,11,12,13)/t9-/m0/s1. The largest absolute Gasteiger partial charge is 0.471 e. The number of sulfonamides is 1. The molecule has 9 nitrogen and oxygen atoms in total. The van der Waals surface area contributed by atoms with Crippen LogP contribution in [-0.2, 0) is 28.6 Å². The fourth-order valence-electron chi connectivity index (χ4n) is 1.23. The monoisotopic (exact) mass is 335 g/mol. The molecule has 1 atom stereocenters. The zero-order valence-electron chi connectivity index (χ0n) is 11.9. The van der Waals surface area contributed by atoms with E-state index in [1.807, 2.05) is 0 Å². The third-order valence-electron chi connectivity index (χ3n) is 2.10. The van der Waals surface area contributed by atoms with Gasteiger partial charge in [0.2, 0.25) is 10.0 Å². The highest BCUT2D eigenvalue weighted by molar-refractivity contribution is 7.88. The first-order valence-corrected chi connectivity index (χ1v) is 9.14. The Labute approximate surface area is 119 Å². The highest BCUT2D eigenvalue weighted by Gasteiger charge is 2.20. The molecule has 0 rings (SSSR count). The van der Waals surface area contributed by atoms with Gasteiger partial charge in [-0.05, 0) is 13.8 Å². The van der Waals surface area contributed by atoms with Gasteiger partial charge in [0.05, 0.1) is 25.1 Å². The molecule has 0 aromatic rings. The van der Waals surface area contributed by atoms with E-state index in [-0.39, 0.29) is 19.3 Å². The second-order valence-electron chi connectivity index (χ2n) is 4.46. The van der Waals surface area contributed by atoms with Crippen molar-refractivity contribution in [1.82, 2.24) is 4.31 Å². The van der Waals surface area contributed by atoms with Gasteiger partial charge >= 0.3 is 7.82 Å². The van der Waals surface area contributed by atoms with Gasteiger partial charge in [-0.2, -0.15) is 0 Å². The molecule has 0 saturated heterocycles. The smallest absolute Gasteiger partial charge is 0.372 e. The maximum Gasteiger partial charge on any atom is 0.471 e. The van der Waals surface area contributed by atoms with E-state index in [1.165, 1.54) is 7.05 Å². The lowest BCUT2D eigenvalue weighted by Gasteiger charge is -2.24. The molecule has 0 fully saturated rings. The van der Waals surface area contributed by atoms with Crippen LogP contribution in [0.5, 0.6) is 0 Å². The number of likely N-dealkylation sites (N-methyl/N-ethyl adjacent to an activating group) is 1. The Morgan fingerprint density at radius 3 is 2.25 bits per heavy atom. The molecule has 0 unspecified atom stereocenters. The molecular weight excluding hydrogens is 313 g/mol. The van der Waals surface area contributed by atoms with Crippen LogP contribution >= 0.6 is 7.82 Å². The summed E-state index contributed by atoms with van der Waals surface area (Å²) in [6.45, 7) is 2.95. The third kappa shape index (κ3) is 10.7. The van der Waals surface area contributed by atoms with E-state index in [2.05, 4.69) is 4.52 Å². The molecule has 0 aromatic carbocycles. The number of phosphoric ester groups is 1. The Hall–Kier alpha value is -0.0600. The van der Waals surface area contributed by atoms with Crippen molar-refractivity contribution in [2.45, 2.75) is 26.1 Å². The van der Waals surface area contributed by atoms with E-state index in [0.29, 0.717) is 0 Å². The SMILES string of the molecule is CC(C)O[C@H](COCOP(=O)(O)O)CN(C)S(C)(=O)=O. The third-order valence-corrected chi connectivity index (χ3v) is 3.82. The van der Waals surface area contributed by atoms with Crippen molar-refractivity contribution in [3.05, 3.63) is 0 Å². The second kappa shape index (κ2) is 8.40. The maximum atomic E-state index is 11.3. The van der Waals surface area contributed by atoms with Crippen molar-refractivity contribution in [3.63, 3.8) is 0 Å². The number of ether oxygens (including phenoxy) is 2. The van der Waals surface area contributed by atoms with Gasteiger partial charge < -0.3 is 19.3 Å². The molecule has 0 radical (unpaired) electrons. The summed E-state index contributed by atoms with van der Waals surface area (Å²) in [6.07, 6.45) is 0.339. The van der Waals surface area contributed by atoms with Gasteiger partial charge in [0.1, 0.15) is 0 Å². The van der Waals surface area contributed by atoms with Crippen LogP contribution in [-0.4, -0.2) is 68.0 Å². The summed E-state index contributed by atoms with van der Waals surface area (Å²) >= 11 is 0. The number of hydrogen-bond donors (Lipinski definition) is 2. The van der Waals surface area contributed by atoms with Crippen LogP contribution in [0.3, 0.4) is 0 Å². The number of nitrogens with zero attached hydrogens (tertiary/aromatic N) is 1. The fraction of sp³-hybridized carbons (Fsp3) is 1.00. The quantitative estimate of drug-likeness (QED) is 0.318. The van der Waals surface area contributed by atoms with Crippen LogP contribution in [0.25, 0.3) is 0 Å². The molecular formula is C9H22NO8PS. The normalized spacial score (nSPS) is 15.0. The molecule has 0 aromatic heterocycles. The van der Waals surface area contributed by atoms with E-state index < -0.39 is 30.7 Å². The molecule has 122 valence electrons. The molecule has 20 heavy (non-hydrogen) atoms. The molecule has 0 spiro atoms. The number of hydrogen-bond acceptors (Lipinski definition) is 6. The summed E-state index contributed by atoms with van der Waals surface area (Å²) in [7, 11) is -6.52. The van der Waals surface area contributed by atoms with Crippen molar-refractivity contribution < 1.29 is 36.8 Å². The summed E-state index contributed by atoms with van der Waals surface area (Å²) in [5.74, 6) is 0. The van der Waals surface area contributed by atoms with E-state index in [0.717, 1.165) is 10.6 Å². The summed E-state index contributed by atoms with van der Waals surface area (Å²) in [5.41, 5.74) is 0. The van der Waals surface area contributed by atoms with Crippen LogP contribution in [0.4, 0.5) is 0 Å². The zero-order valence-corrected chi connectivity index (χ0v) is 13.6. The molecule has 0 saturated carbocycles. The van der Waals surface area contributed by atoms with Crippen molar-refractivity contribution in [2.24, 2.45) is 0 Å². The van der Waals surface area contributed by atoms with Gasteiger partial charge in [-0.15, -0.1) is 0 Å². The van der Waals surface area contributed by atoms with Gasteiger partial charge in [0, 0.05) is 13.6 Å². The van der Waals surface area contributed by atoms with Gasteiger partial charge in [0.15, 0.2) is 6.79 Å². The molecule has 0 heterocycles. The minimum Gasteiger partial charge on any atom is -0.372 e. The van der Waals surface area contributed by atoms with E-state index in [9.17, 15) is 13.0 Å². The Morgan fingerprint density at radius 1 is 1.30 bits per heavy atom. The van der Waals surface area contributed by atoms with Crippen LogP contribution in [0.2, 0.25) is 0 Å². The first kappa shape index (κ1) is 19.9. The van der Waals surface area contributed by atoms with Crippen LogP contribution < -0.4 is 0 Å². The Bertz CT molecular complexity index is 420. The maximum absolute atomic E-state index is 11.3. The van der Waals surface area contributed by atoms with Gasteiger partial charge in [0.25, 0.3) is 0 Å². The van der Waals surface area contributed by atoms with Gasteiger partial charge in [-0.1, -0.05) is 0 Å². The highest BCUT2D eigenvalue weighted by Crippen LogP contribution is 2.35. The first-order valence-electron chi connectivity index (χ1n) is 5.76. The Balaban J connectivity index is 4.33. The van der Waals surface area contributed by atoms with Gasteiger partial charge in [-0.3, -0.25) is 4.52 Å². The average Bonchev–Trinajstić information content (AvgIpc) is 2.20. The van der Waals surface area contributed by atoms with Gasteiger partial charge in [-0.25, -0.2) is 17.3 Å². The summed E-state index contributed by atoms with van der Waals surface area (Å²) in [4.78, 5) is 16.9. The van der Waals surface area contributed by atoms with E-state index >= 15 is 0 Å². The average molecular weight is 335 g/mol. The minimum atomic E-state index is -4.58.